The Morgan fingerprint density at radius 1 is 1.18 bits per heavy atom. The number of aryl methyl sites for hydroxylation is 1. The maximum Gasteiger partial charge on any atom is 0.408 e. The molecule has 10 heteroatoms. The van der Waals surface area contributed by atoms with Crippen LogP contribution < -0.4 is 16.4 Å². The lowest BCUT2D eigenvalue weighted by Crippen LogP contribution is -2.54. The van der Waals surface area contributed by atoms with Crippen molar-refractivity contribution in [3.63, 3.8) is 0 Å². The van der Waals surface area contributed by atoms with Gasteiger partial charge in [0.05, 0.1) is 0 Å². The number of rotatable bonds is 12. The molecule has 5 atom stereocenters. The van der Waals surface area contributed by atoms with E-state index in [0.29, 0.717) is 17.5 Å². The summed E-state index contributed by atoms with van der Waals surface area (Å²) >= 11 is 0. The SMILES string of the molecule is CCCC(C)NC(=O)C(c1cccc(C)c1O)N(C(=O)C(CCC(N)=O)NC(=O)OC(C)(C)C)C1CC1C. The van der Waals surface area contributed by atoms with Crippen LogP contribution in [0, 0.1) is 12.8 Å². The molecule has 5 N–H and O–H groups in total. The number of nitrogens with one attached hydrogen (secondary N) is 2. The van der Waals surface area contributed by atoms with E-state index < -0.39 is 41.5 Å². The number of para-hydroxylation sites is 1. The molecule has 0 bridgehead atoms. The molecule has 1 aromatic rings. The molecule has 0 radical (unpaired) electrons. The molecule has 1 saturated carbocycles. The lowest BCUT2D eigenvalue weighted by atomic mass is 9.97. The molecule has 5 unspecified atom stereocenters. The van der Waals surface area contributed by atoms with Crippen LogP contribution in [-0.4, -0.2) is 57.5 Å². The zero-order valence-corrected chi connectivity index (χ0v) is 23.7. The van der Waals surface area contributed by atoms with Crippen molar-refractivity contribution < 1.29 is 29.0 Å². The number of phenols is 1. The van der Waals surface area contributed by atoms with Gasteiger partial charge >= 0.3 is 6.09 Å². The minimum Gasteiger partial charge on any atom is -0.507 e. The van der Waals surface area contributed by atoms with Crippen LogP contribution in [0.25, 0.3) is 0 Å². The number of carbonyl (C=O) groups is 4. The van der Waals surface area contributed by atoms with E-state index >= 15 is 0 Å². The molecule has 4 amide bonds. The Balaban J connectivity index is 2.55. The number of carbonyl (C=O) groups excluding carboxylic acids is 4. The maximum absolute atomic E-state index is 14.2. The number of hydrogen-bond acceptors (Lipinski definition) is 6. The van der Waals surface area contributed by atoms with Gasteiger partial charge < -0.3 is 31.1 Å². The van der Waals surface area contributed by atoms with E-state index in [4.69, 9.17) is 10.5 Å². The van der Waals surface area contributed by atoms with Crippen LogP contribution in [0.15, 0.2) is 18.2 Å². The van der Waals surface area contributed by atoms with Crippen LogP contribution >= 0.6 is 0 Å². The van der Waals surface area contributed by atoms with Crippen LogP contribution in [0.1, 0.15) is 90.8 Å². The van der Waals surface area contributed by atoms with Crippen molar-refractivity contribution in [2.75, 3.05) is 0 Å². The molecular formula is C28H44N4O6. The molecule has 2 rings (SSSR count). The summed E-state index contributed by atoms with van der Waals surface area (Å²) in [6, 6.07) is 2.32. The number of ether oxygens (including phenoxy) is 1. The molecule has 1 aromatic carbocycles. The van der Waals surface area contributed by atoms with Gasteiger partial charge in [0.1, 0.15) is 23.4 Å². The number of aromatic hydroxyl groups is 1. The van der Waals surface area contributed by atoms with Crippen molar-refractivity contribution in [1.82, 2.24) is 15.5 Å². The van der Waals surface area contributed by atoms with Gasteiger partial charge in [-0.25, -0.2) is 4.79 Å². The summed E-state index contributed by atoms with van der Waals surface area (Å²) in [6.45, 7) is 12.7. The Kier molecular flexibility index (Phi) is 10.6. The minimum absolute atomic E-state index is 0.0641. The quantitative estimate of drug-likeness (QED) is 0.324. The third-order valence-corrected chi connectivity index (χ3v) is 6.55. The van der Waals surface area contributed by atoms with Gasteiger partial charge in [-0.05, 0) is 65.4 Å². The number of amides is 4. The zero-order valence-electron chi connectivity index (χ0n) is 23.7. The van der Waals surface area contributed by atoms with Crippen molar-refractivity contribution in [3.8, 4) is 5.75 Å². The van der Waals surface area contributed by atoms with Gasteiger partial charge in [-0.15, -0.1) is 0 Å². The van der Waals surface area contributed by atoms with Gasteiger partial charge in [0, 0.05) is 24.1 Å². The molecule has 38 heavy (non-hydrogen) atoms. The zero-order chi connectivity index (χ0) is 28.8. The van der Waals surface area contributed by atoms with Crippen LogP contribution in [0.2, 0.25) is 0 Å². The monoisotopic (exact) mass is 532 g/mol. The van der Waals surface area contributed by atoms with Gasteiger partial charge in [-0.3, -0.25) is 14.4 Å². The van der Waals surface area contributed by atoms with Crippen molar-refractivity contribution >= 4 is 23.8 Å². The highest BCUT2D eigenvalue weighted by molar-refractivity contribution is 5.93. The van der Waals surface area contributed by atoms with Crippen molar-refractivity contribution in [2.24, 2.45) is 11.7 Å². The smallest absolute Gasteiger partial charge is 0.408 e. The summed E-state index contributed by atoms with van der Waals surface area (Å²) < 4.78 is 5.35. The number of hydrogen-bond donors (Lipinski definition) is 4. The Morgan fingerprint density at radius 3 is 2.34 bits per heavy atom. The molecule has 10 nitrogen and oxygen atoms in total. The molecule has 0 spiro atoms. The van der Waals surface area contributed by atoms with Crippen molar-refractivity contribution in [3.05, 3.63) is 29.3 Å². The molecule has 0 saturated heterocycles. The molecule has 1 aliphatic carbocycles. The van der Waals surface area contributed by atoms with Crippen LogP contribution in [-0.2, 0) is 19.1 Å². The molecule has 1 fully saturated rings. The number of primary amides is 1. The van der Waals surface area contributed by atoms with Gasteiger partial charge in [0.15, 0.2) is 0 Å². The van der Waals surface area contributed by atoms with E-state index in [2.05, 4.69) is 10.6 Å². The van der Waals surface area contributed by atoms with Crippen LogP contribution in [0.4, 0.5) is 4.79 Å². The minimum atomic E-state index is -1.17. The highest BCUT2D eigenvalue weighted by Crippen LogP contribution is 2.43. The summed E-state index contributed by atoms with van der Waals surface area (Å²) in [6.07, 6.45) is 1.22. The summed E-state index contributed by atoms with van der Waals surface area (Å²) in [5.74, 6) is -1.57. The van der Waals surface area contributed by atoms with E-state index in [1.165, 1.54) is 4.90 Å². The predicted octanol–water partition coefficient (Wildman–Crippen LogP) is 3.44. The fourth-order valence-electron chi connectivity index (χ4n) is 4.49. The average molecular weight is 533 g/mol. The van der Waals surface area contributed by atoms with E-state index in [9.17, 15) is 24.3 Å². The van der Waals surface area contributed by atoms with E-state index in [-0.39, 0.29) is 36.6 Å². The van der Waals surface area contributed by atoms with Gasteiger partial charge in [-0.1, -0.05) is 38.5 Å². The molecular weight excluding hydrogens is 488 g/mol. The molecule has 212 valence electrons. The summed E-state index contributed by atoms with van der Waals surface area (Å²) in [5, 5.41) is 16.5. The number of benzene rings is 1. The largest absolute Gasteiger partial charge is 0.507 e. The van der Waals surface area contributed by atoms with Crippen LogP contribution in [0.3, 0.4) is 0 Å². The van der Waals surface area contributed by atoms with E-state index in [0.717, 1.165) is 12.8 Å². The third-order valence-electron chi connectivity index (χ3n) is 6.55. The van der Waals surface area contributed by atoms with Crippen LogP contribution in [0.5, 0.6) is 5.75 Å². The Bertz CT molecular complexity index is 1020. The topological polar surface area (TPSA) is 151 Å². The first-order valence-electron chi connectivity index (χ1n) is 13.3. The first-order valence-corrected chi connectivity index (χ1v) is 13.3. The standard InChI is InChI=1S/C28H44N4O6/c1-8-10-18(4)30-25(35)23(19-12-9-11-16(2)24(19)34)32(21-15-17(21)3)26(36)20(13-14-22(29)33)31-27(37)38-28(5,6)7/h9,11-12,17-18,20-21,23,34H,8,10,13-15H2,1-7H3,(H2,29,33)(H,30,35)(H,31,37). The number of phenolic OH excluding ortho intramolecular Hbond substituents is 1. The Morgan fingerprint density at radius 2 is 1.82 bits per heavy atom. The normalized spacial score (nSPS) is 19.0. The lowest BCUT2D eigenvalue weighted by molar-refractivity contribution is -0.144. The molecule has 0 aliphatic heterocycles. The maximum atomic E-state index is 14.2. The lowest BCUT2D eigenvalue weighted by Gasteiger charge is -2.36. The average Bonchev–Trinajstić information content (AvgIpc) is 3.51. The predicted molar refractivity (Wildman–Crippen MR) is 144 cm³/mol. The fraction of sp³-hybridized carbons (Fsp3) is 0.643. The second-order valence-corrected chi connectivity index (χ2v) is 11.3. The van der Waals surface area contributed by atoms with Gasteiger partial charge in [0.25, 0.3) is 0 Å². The molecule has 0 aromatic heterocycles. The summed E-state index contributed by atoms with van der Waals surface area (Å²) in [7, 11) is 0. The van der Waals surface area contributed by atoms with E-state index in [1.807, 2.05) is 20.8 Å². The second-order valence-electron chi connectivity index (χ2n) is 11.3. The highest BCUT2D eigenvalue weighted by Gasteiger charge is 2.49. The summed E-state index contributed by atoms with van der Waals surface area (Å²) in [5.41, 5.74) is 5.41. The van der Waals surface area contributed by atoms with Crippen molar-refractivity contribution in [1.29, 1.82) is 0 Å². The highest BCUT2D eigenvalue weighted by atomic mass is 16.6. The fourth-order valence-corrected chi connectivity index (χ4v) is 4.49. The van der Waals surface area contributed by atoms with Gasteiger partial charge in [0.2, 0.25) is 17.7 Å². The molecule has 1 aliphatic rings. The number of nitrogens with zero attached hydrogens (tertiary/aromatic N) is 1. The second kappa shape index (κ2) is 13.0. The number of alkyl carbamates (subject to hydrolysis) is 1. The Labute approximate surface area is 225 Å². The Hall–Kier alpha value is -3.30. The first-order chi connectivity index (χ1) is 17.7. The first kappa shape index (κ1) is 30.9. The third kappa shape index (κ3) is 8.63. The number of nitrogens with two attached hydrogens (primary N) is 1. The van der Waals surface area contributed by atoms with Gasteiger partial charge in [-0.2, -0.15) is 0 Å². The summed E-state index contributed by atoms with van der Waals surface area (Å²) in [4.78, 5) is 53.6. The van der Waals surface area contributed by atoms with E-state index in [1.54, 1.807) is 45.9 Å². The molecule has 0 heterocycles. The van der Waals surface area contributed by atoms with Crippen molar-refractivity contribution in [2.45, 2.75) is 110 Å².